The Morgan fingerprint density at radius 2 is 1.26 bits per heavy atom. The number of nitrogens with two attached hydrogens (primary N) is 1. The van der Waals surface area contributed by atoms with Crippen molar-refractivity contribution in [3.05, 3.63) is 100 Å². The van der Waals surface area contributed by atoms with Gasteiger partial charge in [-0.25, -0.2) is 4.98 Å². The van der Waals surface area contributed by atoms with Gasteiger partial charge in [-0.2, -0.15) is 0 Å². The number of nitrogens with zero attached hydrogens (tertiary/aromatic N) is 4. The number of ether oxygens (including phenoxy) is 5. The van der Waals surface area contributed by atoms with Gasteiger partial charge in [0.2, 0.25) is 0 Å². The largest absolute Gasteiger partial charge is 0.504 e. The molecular formula is C79H106N6O12. The Morgan fingerprint density at radius 3 is 1.85 bits per heavy atom. The average molecular weight is 1330 g/mol. The van der Waals surface area contributed by atoms with Crippen LogP contribution >= 0.6 is 0 Å². The summed E-state index contributed by atoms with van der Waals surface area (Å²) in [4.78, 5) is 27.3. The third kappa shape index (κ3) is 8.28. The minimum atomic E-state index is -0.940. The number of rotatable bonds is 12. The first-order chi connectivity index (χ1) is 46.3. The third-order valence-electron chi connectivity index (χ3n) is 30.0. The van der Waals surface area contributed by atoms with Crippen LogP contribution in [0, 0.1) is 39.9 Å². The lowest BCUT2D eigenvalue weighted by molar-refractivity contribution is -0.312. The molecule has 12 aliphatic carbocycles. The second kappa shape index (κ2) is 21.6. The second-order valence-corrected chi connectivity index (χ2v) is 34.8. The maximum Gasteiger partial charge on any atom is 0.174 e. The fourth-order valence-corrected chi connectivity index (χ4v) is 24.9. The van der Waals surface area contributed by atoms with Gasteiger partial charge in [0.1, 0.15) is 23.4 Å². The van der Waals surface area contributed by atoms with Crippen molar-refractivity contribution in [2.45, 2.75) is 244 Å². The van der Waals surface area contributed by atoms with Crippen molar-refractivity contribution in [3.8, 4) is 34.5 Å². The summed E-state index contributed by atoms with van der Waals surface area (Å²) >= 11 is 0. The fourth-order valence-electron chi connectivity index (χ4n) is 24.9. The molecule has 524 valence electrons. The number of hydrogen-bond acceptors (Lipinski definition) is 17. The number of aromatic hydroxyl groups is 3. The summed E-state index contributed by atoms with van der Waals surface area (Å²) in [5, 5.41) is 67.9. The molecule has 10 fully saturated rings. The zero-order valence-corrected chi connectivity index (χ0v) is 58.7. The number of aliphatic hydroxyl groups is 3. The van der Waals surface area contributed by atoms with Gasteiger partial charge in [-0.1, -0.05) is 64.5 Å². The first-order valence-electron chi connectivity index (χ1n) is 37.2. The molecule has 0 radical (unpaired) electrons. The van der Waals surface area contributed by atoms with E-state index in [1.807, 2.05) is 39.3 Å². The third-order valence-corrected chi connectivity index (χ3v) is 30.0. The Bertz CT molecular complexity index is 3860. The summed E-state index contributed by atoms with van der Waals surface area (Å²) in [7, 11) is 5.83. The molecule has 0 unspecified atom stereocenters. The number of imidazole rings is 1. The number of Topliss-reactive ketones (excluding diaryl/α,β-unsaturated/α-hetero) is 1. The van der Waals surface area contributed by atoms with Gasteiger partial charge in [-0.15, -0.1) is 0 Å². The normalized spacial score (nSPS) is 40.6. The van der Waals surface area contributed by atoms with Gasteiger partial charge in [-0.05, 0) is 202 Å². The van der Waals surface area contributed by atoms with E-state index in [0.717, 1.165) is 138 Å². The number of aromatic amines is 1. The number of hydrogen-bond donors (Lipinski definition) is 8. The highest BCUT2D eigenvalue weighted by atomic mass is 16.6. The Hall–Kier alpha value is -5.28. The maximum atomic E-state index is 12.7. The van der Waals surface area contributed by atoms with E-state index in [-0.39, 0.29) is 80.2 Å². The second-order valence-electron chi connectivity index (χ2n) is 34.8. The molecule has 3 saturated heterocycles. The maximum absolute atomic E-state index is 12.7. The van der Waals surface area contributed by atoms with Gasteiger partial charge in [0.05, 0.1) is 39.7 Å². The number of methoxy groups -OCH3 is 2. The summed E-state index contributed by atoms with van der Waals surface area (Å²) in [6, 6.07) is 12.4. The zero-order valence-electron chi connectivity index (χ0n) is 58.7. The van der Waals surface area contributed by atoms with Gasteiger partial charge in [0, 0.05) is 109 Å². The molecule has 5 spiro atoms. The van der Waals surface area contributed by atoms with Crippen LogP contribution in [-0.2, 0) is 56.2 Å². The number of carbonyl (C=O) groups excluding carboxylic acids is 1. The van der Waals surface area contributed by atoms with Gasteiger partial charge in [0.15, 0.2) is 46.4 Å². The molecule has 18 nitrogen and oxygen atoms in total. The fraction of sp³-hybridized carbons (Fsp3) is 0.696. The molecule has 97 heavy (non-hydrogen) atoms. The number of likely N-dealkylation sites (tertiary alicyclic amines) is 3. The van der Waals surface area contributed by atoms with E-state index < -0.39 is 39.5 Å². The van der Waals surface area contributed by atoms with Crippen molar-refractivity contribution in [1.82, 2.24) is 24.7 Å². The number of likely N-dealkylation sites (N-methyl/N-ethyl adjacent to an activating group) is 1. The first kappa shape index (κ1) is 65.1. The van der Waals surface area contributed by atoms with Crippen molar-refractivity contribution in [1.29, 1.82) is 0 Å². The molecule has 7 heterocycles. The SMILES string of the molecule is CCC[C@@](C)(O)[C@H]1C[C@@]23C=C[C@]1(OC)[C@@H]1Oc4c(O)ccc5c4[C@@]12CCN(C)[C@@H]3C5.CO[C@]12CC[C@@]3(C[C@@H]1[C@](C)(O)C(C)(C)C)[C@H]1Cc4ccc(O)c5c4[C@@]3(CCN1CC1CC1)[C@H]2O5.NCCc1c[nH]cn1.O=C1CC[C@@]2(O)[C@H]3Cc4ccc(O)c5c4[C@@]2(CCN3CC2CC2)[C@H]1O5. The minimum absolute atomic E-state index is 0.0294. The minimum Gasteiger partial charge on any atom is -0.504 e. The number of phenolic OH excluding ortho intramolecular Hbond substituents is 3. The number of carbonyl (C=O) groups is 1. The van der Waals surface area contributed by atoms with Gasteiger partial charge >= 0.3 is 0 Å². The predicted octanol–water partition coefficient (Wildman–Crippen LogP) is 9.01. The summed E-state index contributed by atoms with van der Waals surface area (Å²) in [6.45, 7) is 18.5. The molecule has 1 aromatic heterocycles. The van der Waals surface area contributed by atoms with E-state index in [4.69, 9.17) is 29.4 Å². The van der Waals surface area contributed by atoms with Crippen molar-refractivity contribution >= 4 is 5.78 Å². The molecule has 7 saturated carbocycles. The van der Waals surface area contributed by atoms with Crippen LogP contribution < -0.4 is 19.9 Å². The lowest BCUT2D eigenvalue weighted by Gasteiger charge is -2.75. The number of nitrogens with one attached hydrogen (secondary N) is 1. The van der Waals surface area contributed by atoms with Crippen LogP contribution in [0.15, 0.2) is 61.1 Å². The zero-order chi connectivity index (χ0) is 67.8. The van der Waals surface area contributed by atoms with Crippen molar-refractivity contribution in [2.75, 3.05) is 60.5 Å². The van der Waals surface area contributed by atoms with Crippen LogP contribution in [0.2, 0.25) is 0 Å². The van der Waals surface area contributed by atoms with Crippen LogP contribution in [0.25, 0.3) is 0 Å². The van der Waals surface area contributed by atoms with Crippen molar-refractivity contribution in [2.24, 2.45) is 45.7 Å². The molecule has 0 amide bonds. The smallest absolute Gasteiger partial charge is 0.174 e. The molecule has 18 atom stereocenters. The van der Waals surface area contributed by atoms with Gasteiger partial charge in [-0.3, -0.25) is 14.6 Å². The Labute approximate surface area is 572 Å². The molecule has 3 aromatic carbocycles. The molecule has 18 heteroatoms. The van der Waals surface area contributed by atoms with E-state index in [1.54, 1.807) is 25.6 Å². The Balaban J connectivity index is 0.000000104. The Kier molecular flexibility index (Phi) is 14.5. The topological polar surface area (TPSA) is 249 Å². The molecule has 22 rings (SSSR count). The molecule has 9 N–H and O–H groups in total. The van der Waals surface area contributed by atoms with E-state index in [0.29, 0.717) is 48.7 Å². The number of benzene rings is 3. The van der Waals surface area contributed by atoms with Crippen LogP contribution in [0.3, 0.4) is 0 Å². The summed E-state index contributed by atoms with van der Waals surface area (Å²) in [6.07, 6.45) is 25.2. The lowest BCUT2D eigenvalue weighted by atomic mass is 9.33. The number of piperidine rings is 3. The average Bonchev–Trinajstić information content (AvgIpc) is 1.60. The predicted molar refractivity (Wildman–Crippen MR) is 365 cm³/mol. The molecule has 4 aromatic rings. The number of aromatic nitrogens is 2. The highest BCUT2D eigenvalue weighted by molar-refractivity contribution is 5.90. The van der Waals surface area contributed by atoms with E-state index >= 15 is 0 Å². The molecular weight excluding hydrogens is 1220 g/mol. The van der Waals surface area contributed by atoms with Crippen molar-refractivity contribution in [3.63, 3.8) is 0 Å². The van der Waals surface area contributed by atoms with E-state index in [9.17, 15) is 35.4 Å². The van der Waals surface area contributed by atoms with Crippen LogP contribution in [-0.4, -0.2) is 186 Å². The van der Waals surface area contributed by atoms with Crippen LogP contribution in [0.1, 0.15) is 177 Å². The highest BCUT2D eigenvalue weighted by Crippen LogP contribution is 2.79. The summed E-state index contributed by atoms with van der Waals surface area (Å²) < 4.78 is 32.6. The van der Waals surface area contributed by atoms with Crippen molar-refractivity contribution < 1.29 is 59.1 Å². The summed E-state index contributed by atoms with van der Waals surface area (Å²) in [5.74, 6) is 4.01. The van der Waals surface area contributed by atoms with E-state index in [2.05, 4.69) is 83.7 Å². The number of phenols is 3. The Morgan fingerprint density at radius 1 is 0.680 bits per heavy atom. The number of H-pyrrole nitrogens is 1. The standard InChI is InChI=1S/C29H41NO4.C25H33NO4.C20H23NO4.C5H9N3/c1-25(2,3)26(4,32)20-15-27-10-11-29(20,33-5)24-28(27)12-13-30(16-17-6-7-17)21(27)14-18-8-9-19(31)23(34-24)22(18)28;1-5-8-22(2,28)17-14-23-9-10-25(17,29-4)21-24(23)11-12-26(3)18(23)13-15-6-7-16(27)20(30-21)19(15)24;22-13-4-3-12-9-15-20(24)6-5-14(23)18-19(20,16(12)17(13)25-18)7-8-21(15)10-11-1-2-11;6-2-1-5-3-7-4-8-5/h8-9,17,20-21,24,31-32H,6-7,10-16H2,1-5H3;6-7,9-10,17-18,21,27-28H,5,8,11-14H2,1-4H3;3-4,11,15,18,22,24H,1-2,5-10H2;3-4H,1-2,6H2,(H,7,8)/t20-,21-,24-,26+,27-,28+,29-;17-,18-,21-,22-,23-,24+,25-;15-,18+,19+,20-;/m111./s1. The number of ketones is 1. The highest BCUT2D eigenvalue weighted by Gasteiger charge is 2.84. The number of fused-ring (bicyclic) bond motifs is 3. The molecule has 6 aliphatic heterocycles. The quantitative estimate of drug-likeness (QED) is 0.0616. The monoisotopic (exact) mass is 1330 g/mol. The van der Waals surface area contributed by atoms with Gasteiger partial charge in [0.25, 0.3) is 0 Å². The van der Waals surface area contributed by atoms with E-state index in [1.165, 1.54) is 54.5 Å². The molecule has 18 aliphatic rings. The summed E-state index contributed by atoms with van der Waals surface area (Å²) in [5.41, 5.74) is 8.16. The molecule has 10 bridgehead atoms. The lowest BCUT2D eigenvalue weighted by Crippen LogP contribution is -2.83. The van der Waals surface area contributed by atoms with Crippen LogP contribution in [0.5, 0.6) is 34.5 Å². The van der Waals surface area contributed by atoms with Gasteiger partial charge < -0.3 is 69.9 Å². The van der Waals surface area contributed by atoms with Crippen LogP contribution in [0.4, 0.5) is 0 Å². The first-order valence-corrected chi connectivity index (χ1v) is 37.2.